The number of likely N-dealkylation sites (tertiary alicyclic amines) is 1. The van der Waals surface area contributed by atoms with E-state index < -0.39 is 28.8 Å². The molecule has 0 spiro atoms. The predicted octanol–water partition coefficient (Wildman–Crippen LogP) is 2.92. The van der Waals surface area contributed by atoms with Crippen LogP contribution in [0.15, 0.2) is 17.6 Å². The van der Waals surface area contributed by atoms with Crippen LogP contribution in [0.1, 0.15) is 17.2 Å². The molecule has 1 saturated heterocycles. The summed E-state index contributed by atoms with van der Waals surface area (Å²) in [7, 11) is 2.77. The van der Waals surface area contributed by atoms with Gasteiger partial charge in [0.1, 0.15) is 5.69 Å². The molecule has 1 amide bonds. The molecule has 0 radical (unpaired) electrons. The number of thiophene rings is 1. The first-order valence-corrected chi connectivity index (χ1v) is 8.39. The van der Waals surface area contributed by atoms with E-state index >= 15 is 0 Å². The quantitative estimate of drug-likeness (QED) is 0.835. The molecule has 1 N–H and O–H groups in total. The van der Waals surface area contributed by atoms with Crippen molar-refractivity contribution in [3.63, 3.8) is 0 Å². The average molecular weight is 376 g/mol. The van der Waals surface area contributed by atoms with Crippen molar-refractivity contribution in [2.24, 2.45) is 13.0 Å². The summed E-state index contributed by atoms with van der Waals surface area (Å²) in [5, 5.41) is 7.69. The molecule has 0 aliphatic carbocycles. The molecule has 10 heteroatoms. The Morgan fingerprint density at radius 3 is 2.72 bits per heavy atom. The topological polar surface area (TPSA) is 50.2 Å². The Hall–Kier alpha value is -2.10. The van der Waals surface area contributed by atoms with Gasteiger partial charge in [-0.1, -0.05) is 0 Å². The lowest BCUT2D eigenvalue weighted by atomic mass is 9.88. The summed E-state index contributed by atoms with van der Waals surface area (Å²) >= 11 is 0.908. The highest BCUT2D eigenvalue weighted by molar-refractivity contribution is 7.08. The Labute approximate surface area is 145 Å². The molecule has 3 heterocycles. The van der Waals surface area contributed by atoms with Crippen LogP contribution >= 0.6 is 11.3 Å². The fourth-order valence-corrected chi connectivity index (χ4v) is 3.82. The van der Waals surface area contributed by atoms with Crippen LogP contribution < -0.4 is 5.32 Å². The van der Waals surface area contributed by atoms with Crippen LogP contribution in [0.5, 0.6) is 0 Å². The number of amides is 1. The van der Waals surface area contributed by atoms with Gasteiger partial charge in [-0.2, -0.15) is 22.7 Å². The van der Waals surface area contributed by atoms with Crippen molar-refractivity contribution in [2.45, 2.75) is 12.1 Å². The molecule has 136 valence electrons. The highest BCUT2D eigenvalue weighted by Crippen LogP contribution is 2.40. The van der Waals surface area contributed by atoms with Gasteiger partial charge in [-0.3, -0.25) is 9.48 Å². The smallest absolute Gasteiger partial charge is 0.381 e. The SMILES string of the molecule is CN1C[C@H](c2cnn(C)c2C(F)(F)F)[C@@H](CNc2ccsc2F)C1=O. The minimum absolute atomic E-state index is 0.00899. The molecular formula is C15H16F4N4OS. The van der Waals surface area contributed by atoms with Crippen LogP contribution in [-0.4, -0.2) is 40.7 Å². The van der Waals surface area contributed by atoms with Crippen LogP contribution in [0.25, 0.3) is 0 Å². The molecule has 0 aromatic carbocycles. The molecule has 1 aliphatic heterocycles. The third kappa shape index (κ3) is 3.22. The second-order valence-corrected chi connectivity index (χ2v) is 6.86. The van der Waals surface area contributed by atoms with Crippen molar-refractivity contribution in [3.8, 4) is 0 Å². The number of nitrogens with one attached hydrogen (secondary N) is 1. The number of aromatic nitrogens is 2. The number of carbonyl (C=O) groups excluding carboxylic acids is 1. The predicted molar refractivity (Wildman–Crippen MR) is 84.8 cm³/mol. The standard InChI is InChI=1S/C15H16F4N4OS/c1-22-7-10(8-6-21-23(2)12(8)15(17,18)19)9(14(22)24)5-20-11-3-4-25-13(11)16/h3-4,6,9-10,20H,5,7H2,1-2H3/t9-,10-/m1/s1. The summed E-state index contributed by atoms with van der Waals surface area (Å²) in [6.07, 6.45) is -3.40. The van der Waals surface area contributed by atoms with E-state index in [4.69, 9.17) is 0 Å². The number of hydrogen-bond donors (Lipinski definition) is 1. The molecule has 5 nitrogen and oxygen atoms in total. The second-order valence-electron chi connectivity index (χ2n) is 5.99. The first-order chi connectivity index (χ1) is 11.7. The Kier molecular flexibility index (Phi) is 4.48. The van der Waals surface area contributed by atoms with E-state index in [0.29, 0.717) is 0 Å². The Balaban J connectivity index is 1.89. The number of likely N-dealkylation sites (N-methyl/N-ethyl adjacent to an activating group) is 1. The maximum Gasteiger partial charge on any atom is 0.433 e. The van der Waals surface area contributed by atoms with Crippen LogP contribution in [-0.2, 0) is 18.0 Å². The Morgan fingerprint density at radius 2 is 2.12 bits per heavy atom. The van der Waals surface area contributed by atoms with Crippen LogP contribution in [0.2, 0.25) is 0 Å². The van der Waals surface area contributed by atoms with Gasteiger partial charge in [-0.25, -0.2) is 0 Å². The van der Waals surface area contributed by atoms with Crippen molar-refractivity contribution < 1.29 is 22.4 Å². The molecule has 0 bridgehead atoms. The molecular weight excluding hydrogens is 360 g/mol. The molecule has 2 aromatic heterocycles. The highest BCUT2D eigenvalue weighted by atomic mass is 32.1. The fraction of sp³-hybridized carbons (Fsp3) is 0.467. The maximum absolute atomic E-state index is 13.5. The first kappa shape index (κ1) is 17.7. The number of alkyl halides is 3. The van der Waals surface area contributed by atoms with E-state index in [1.54, 1.807) is 12.4 Å². The van der Waals surface area contributed by atoms with E-state index in [1.807, 2.05) is 0 Å². The highest BCUT2D eigenvalue weighted by Gasteiger charge is 2.46. The van der Waals surface area contributed by atoms with Gasteiger partial charge in [-0.15, -0.1) is 11.3 Å². The summed E-state index contributed by atoms with van der Waals surface area (Å²) in [6, 6.07) is 1.53. The molecule has 1 fully saturated rings. The van der Waals surface area contributed by atoms with Gasteiger partial charge >= 0.3 is 6.18 Å². The van der Waals surface area contributed by atoms with Gasteiger partial charge in [0.15, 0.2) is 5.13 Å². The Morgan fingerprint density at radius 1 is 1.40 bits per heavy atom. The summed E-state index contributed by atoms with van der Waals surface area (Å²) in [4.78, 5) is 13.8. The van der Waals surface area contributed by atoms with Crippen LogP contribution in [0.4, 0.5) is 23.2 Å². The number of aryl methyl sites for hydroxylation is 1. The van der Waals surface area contributed by atoms with Crippen LogP contribution in [0.3, 0.4) is 0 Å². The van der Waals surface area contributed by atoms with Gasteiger partial charge in [0, 0.05) is 38.7 Å². The number of carbonyl (C=O) groups is 1. The lowest BCUT2D eigenvalue weighted by molar-refractivity contribution is -0.144. The third-order valence-corrected chi connectivity index (χ3v) is 5.11. The first-order valence-electron chi connectivity index (χ1n) is 7.51. The van der Waals surface area contributed by atoms with E-state index in [2.05, 4.69) is 10.4 Å². The molecule has 0 unspecified atom stereocenters. The lowest BCUT2D eigenvalue weighted by Crippen LogP contribution is -2.28. The lowest BCUT2D eigenvalue weighted by Gasteiger charge is -2.19. The van der Waals surface area contributed by atoms with Crippen molar-refractivity contribution in [1.29, 1.82) is 0 Å². The van der Waals surface area contributed by atoms with Crippen molar-refractivity contribution in [3.05, 3.63) is 34.0 Å². The van der Waals surface area contributed by atoms with E-state index in [1.165, 1.54) is 18.0 Å². The zero-order valence-electron chi connectivity index (χ0n) is 13.5. The number of hydrogen-bond acceptors (Lipinski definition) is 4. The zero-order chi connectivity index (χ0) is 18.4. The molecule has 25 heavy (non-hydrogen) atoms. The molecule has 1 aliphatic rings. The summed E-state index contributed by atoms with van der Waals surface area (Å²) in [5.74, 6) is -1.67. The monoisotopic (exact) mass is 376 g/mol. The zero-order valence-corrected chi connectivity index (χ0v) is 14.3. The summed E-state index contributed by atoms with van der Waals surface area (Å²) < 4.78 is 54.4. The number of halogens is 4. The molecule has 2 atom stereocenters. The third-order valence-electron chi connectivity index (χ3n) is 4.42. The number of rotatable bonds is 4. The van der Waals surface area contributed by atoms with Crippen molar-refractivity contribution >= 4 is 22.9 Å². The normalized spacial score (nSPS) is 21.2. The number of anilines is 1. The summed E-state index contributed by atoms with van der Waals surface area (Å²) in [5.41, 5.74) is -0.620. The molecule has 3 rings (SSSR count). The molecule has 2 aromatic rings. The maximum atomic E-state index is 13.5. The van der Waals surface area contributed by atoms with E-state index in [-0.39, 0.29) is 30.2 Å². The molecule has 0 saturated carbocycles. The van der Waals surface area contributed by atoms with E-state index in [0.717, 1.165) is 22.2 Å². The van der Waals surface area contributed by atoms with Crippen molar-refractivity contribution in [2.75, 3.05) is 25.5 Å². The van der Waals surface area contributed by atoms with Gasteiger partial charge in [0.2, 0.25) is 5.91 Å². The largest absolute Gasteiger partial charge is 0.433 e. The summed E-state index contributed by atoms with van der Waals surface area (Å²) in [6.45, 7) is 0.208. The van der Waals surface area contributed by atoms with E-state index in [9.17, 15) is 22.4 Å². The Bertz CT molecular complexity index is 785. The fourth-order valence-electron chi connectivity index (χ4n) is 3.22. The van der Waals surface area contributed by atoms with Crippen LogP contribution in [0, 0.1) is 11.0 Å². The van der Waals surface area contributed by atoms with Gasteiger partial charge in [-0.05, 0) is 11.4 Å². The minimum atomic E-state index is -4.57. The second kappa shape index (κ2) is 6.32. The van der Waals surface area contributed by atoms with Gasteiger partial charge in [0.25, 0.3) is 0 Å². The average Bonchev–Trinajstić information content (AvgIpc) is 3.17. The van der Waals surface area contributed by atoms with Gasteiger partial charge in [0.05, 0.1) is 17.8 Å². The number of nitrogens with zero attached hydrogens (tertiary/aromatic N) is 3. The van der Waals surface area contributed by atoms with Gasteiger partial charge < -0.3 is 10.2 Å². The minimum Gasteiger partial charge on any atom is -0.381 e. The van der Waals surface area contributed by atoms with Crippen molar-refractivity contribution in [1.82, 2.24) is 14.7 Å².